The third-order valence-electron chi connectivity index (χ3n) is 2.79. The van der Waals surface area contributed by atoms with E-state index in [4.69, 9.17) is 16.6 Å². The largest absolute Gasteiger partial charge is 0.480 e. The predicted molar refractivity (Wildman–Crippen MR) is 71.1 cm³/mol. The Kier molecular flexibility index (Phi) is 5.46. The van der Waals surface area contributed by atoms with Crippen molar-refractivity contribution in [3.05, 3.63) is 30.3 Å². The molecule has 19 heavy (non-hydrogen) atoms. The van der Waals surface area contributed by atoms with Crippen molar-refractivity contribution in [1.29, 1.82) is 0 Å². The van der Waals surface area contributed by atoms with E-state index >= 15 is 0 Å². The maximum atomic E-state index is 12.1. The van der Waals surface area contributed by atoms with E-state index in [1.807, 2.05) is 0 Å². The summed E-state index contributed by atoms with van der Waals surface area (Å²) in [7, 11) is -3.57. The predicted octanol–water partition coefficient (Wildman–Crippen LogP) is 0.327. The van der Waals surface area contributed by atoms with Crippen molar-refractivity contribution < 1.29 is 18.3 Å². The monoisotopic (exact) mass is 286 g/mol. The molecule has 0 aliphatic heterocycles. The molecular formula is C12H18N2O4S. The standard InChI is InChI=1S/C12H18N2O4S/c13-10(12(15)16)7-4-8-11(14)19(17,18)9-5-2-1-3-6-9/h1-3,5-6,10-11H,4,7-8,13-14H2,(H,15,16)/t10-,11?/m0/s1. The normalized spacial score (nSPS) is 14.8. The van der Waals surface area contributed by atoms with Gasteiger partial charge < -0.3 is 16.6 Å². The molecule has 1 unspecified atom stereocenters. The van der Waals surface area contributed by atoms with Crippen LogP contribution in [0.15, 0.2) is 35.2 Å². The number of carboxylic acid groups (broad SMARTS) is 1. The maximum absolute atomic E-state index is 12.1. The van der Waals surface area contributed by atoms with Crippen LogP contribution in [0.3, 0.4) is 0 Å². The smallest absolute Gasteiger partial charge is 0.320 e. The Morgan fingerprint density at radius 2 is 1.74 bits per heavy atom. The van der Waals surface area contributed by atoms with E-state index in [9.17, 15) is 13.2 Å². The van der Waals surface area contributed by atoms with Gasteiger partial charge in [-0.1, -0.05) is 18.2 Å². The molecular weight excluding hydrogens is 268 g/mol. The summed E-state index contributed by atoms with van der Waals surface area (Å²) in [4.78, 5) is 10.7. The molecule has 0 fully saturated rings. The third-order valence-corrected chi connectivity index (χ3v) is 4.75. The molecule has 0 aliphatic carbocycles. The summed E-state index contributed by atoms with van der Waals surface area (Å²) in [6.45, 7) is 0. The second-order valence-electron chi connectivity index (χ2n) is 4.27. The van der Waals surface area contributed by atoms with E-state index < -0.39 is 27.2 Å². The van der Waals surface area contributed by atoms with Gasteiger partial charge in [0.2, 0.25) is 0 Å². The Bertz CT molecular complexity index is 516. The van der Waals surface area contributed by atoms with Gasteiger partial charge in [0.25, 0.3) is 0 Å². The van der Waals surface area contributed by atoms with Crippen molar-refractivity contribution in [2.45, 2.75) is 35.6 Å². The highest BCUT2D eigenvalue weighted by atomic mass is 32.2. The molecule has 0 spiro atoms. The first kappa shape index (κ1) is 15.6. The zero-order chi connectivity index (χ0) is 14.5. The maximum Gasteiger partial charge on any atom is 0.320 e. The van der Waals surface area contributed by atoms with Crippen LogP contribution < -0.4 is 11.5 Å². The van der Waals surface area contributed by atoms with Crippen LogP contribution in [0.5, 0.6) is 0 Å². The topological polar surface area (TPSA) is 123 Å². The number of nitrogens with two attached hydrogens (primary N) is 2. The lowest BCUT2D eigenvalue weighted by molar-refractivity contribution is -0.138. The van der Waals surface area contributed by atoms with Crippen LogP contribution in [0.4, 0.5) is 0 Å². The first-order valence-electron chi connectivity index (χ1n) is 5.88. The van der Waals surface area contributed by atoms with Gasteiger partial charge in [0.05, 0.1) is 4.90 Å². The van der Waals surface area contributed by atoms with E-state index in [1.165, 1.54) is 12.1 Å². The van der Waals surface area contributed by atoms with Gasteiger partial charge in [-0.2, -0.15) is 0 Å². The molecule has 0 saturated carbocycles. The SMILES string of the molecule is NC(CCC[C@H](N)C(=O)O)S(=O)(=O)c1ccccc1. The summed E-state index contributed by atoms with van der Waals surface area (Å²) in [6.07, 6.45) is 0.728. The number of sulfone groups is 1. The van der Waals surface area contributed by atoms with Crippen molar-refractivity contribution in [3.8, 4) is 0 Å². The van der Waals surface area contributed by atoms with E-state index in [0.29, 0.717) is 6.42 Å². The third kappa shape index (κ3) is 4.30. The molecule has 0 heterocycles. The zero-order valence-corrected chi connectivity index (χ0v) is 11.2. The molecule has 0 saturated heterocycles. The lowest BCUT2D eigenvalue weighted by Gasteiger charge is -2.13. The van der Waals surface area contributed by atoms with Gasteiger partial charge >= 0.3 is 5.97 Å². The van der Waals surface area contributed by atoms with Gasteiger partial charge in [-0.25, -0.2) is 8.42 Å². The average Bonchev–Trinajstić information content (AvgIpc) is 2.39. The van der Waals surface area contributed by atoms with E-state index in [1.54, 1.807) is 18.2 Å². The molecule has 0 aliphatic rings. The van der Waals surface area contributed by atoms with E-state index in [2.05, 4.69) is 0 Å². The molecule has 7 heteroatoms. The number of rotatable bonds is 7. The van der Waals surface area contributed by atoms with Crippen LogP contribution in [-0.2, 0) is 14.6 Å². The summed E-state index contributed by atoms with van der Waals surface area (Å²) < 4.78 is 24.1. The molecule has 0 amide bonds. The van der Waals surface area contributed by atoms with Crippen LogP contribution in [0.1, 0.15) is 19.3 Å². The van der Waals surface area contributed by atoms with Gasteiger partial charge in [0, 0.05) is 0 Å². The van der Waals surface area contributed by atoms with Gasteiger partial charge in [-0.3, -0.25) is 4.79 Å². The minimum absolute atomic E-state index is 0.171. The molecule has 106 valence electrons. The van der Waals surface area contributed by atoms with Crippen molar-refractivity contribution >= 4 is 15.8 Å². The minimum atomic E-state index is -3.57. The number of carboxylic acids is 1. The first-order chi connectivity index (χ1) is 8.85. The lowest BCUT2D eigenvalue weighted by atomic mass is 10.1. The Balaban J connectivity index is 2.59. The van der Waals surface area contributed by atoms with Crippen LogP contribution in [0, 0.1) is 0 Å². The highest BCUT2D eigenvalue weighted by molar-refractivity contribution is 7.92. The van der Waals surface area contributed by atoms with Crippen LogP contribution >= 0.6 is 0 Å². The molecule has 1 aromatic rings. The number of benzene rings is 1. The Morgan fingerprint density at radius 1 is 1.16 bits per heavy atom. The summed E-state index contributed by atoms with van der Waals surface area (Å²) in [5.41, 5.74) is 11.0. The second kappa shape index (κ2) is 6.65. The van der Waals surface area contributed by atoms with Crippen LogP contribution in [-0.4, -0.2) is 30.9 Å². The van der Waals surface area contributed by atoms with Crippen molar-refractivity contribution in [2.75, 3.05) is 0 Å². The summed E-state index contributed by atoms with van der Waals surface area (Å²) in [5.74, 6) is -1.10. The number of carbonyl (C=O) groups is 1. The number of aliphatic carboxylic acids is 1. The molecule has 1 aromatic carbocycles. The minimum Gasteiger partial charge on any atom is -0.480 e. The van der Waals surface area contributed by atoms with Crippen LogP contribution in [0.2, 0.25) is 0 Å². The quantitative estimate of drug-likeness (QED) is 0.663. The lowest BCUT2D eigenvalue weighted by Crippen LogP contribution is -2.33. The highest BCUT2D eigenvalue weighted by Crippen LogP contribution is 2.16. The molecule has 0 aromatic heterocycles. The van der Waals surface area contributed by atoms with Gasteiger partial charge in [-0.15, -0.1) is 0 Å². The Hall–Kier alpha value is -1.44. The molecule has 5 N–H and O–H groups in total. The van der Waals surface area contributed by atoms with Gasteiger partial charge in [-0.05, 0) is 31.4 Å². The molecule has 6 nitrogen and oxygen atoms in total. The number of hydrogen-bond donors (Lipinski definition) is 3. The van der Waals surface area contributed by atoms with Gasteiger partial charge in [0.1, 0.15) is 11.4 Å². The zero-order valence-electron chi connectivity index (χ0n) is 10.4. The van der Waals surface area contributed by atoms with E-state index in [-0.39, 0.29) is 17.7 Å². The van der Waals surface area contributed by atoms with Crippen molar-refractivity contribution in [2.24, 2.45) is 11.5 Å². The second-order valence-corrected chi connectivity index (χ2v) is 6.44. The number of hydrogen-bond acceptors (Lipinski definition) is 5. The molecule has 0 radical (unpaired) electrons. The Labute approximate surface area is 112 Å². The van der Waals surface area contributed by atoms with Gasteiger partial charge in [0.15, 0.2) is 9.84 Å². The fraction of sp³-hybridized carbons (Fsp3) is 0.417. The van der Waals surface area contributed by atoms with Crippen LogP contribution in [0.25, 0.3) is 0 Å². The molecule has 0 bridgehead atoms. The Morgan fingerprint density at radius 3 is 2.26 bits per heavy atom. The highest BCUT2D eigenvalue weighted by Gasteiger charge is 2.23. The summed E-state index contributed by atoms with van der Waals surface area (Å²) in [6, 6.07) is 6.96. The first-order valence-corrected chi connectivity index (χ1v) is 7.43. The van der Waals surface area contributed by atoms with E-state index in [0.717, 1.165) is 0 Å². The van der Waals surface area contributed by atoms with Crippen molar-refractivity contribution in [1.82, 2.24) is 0 Å². The summed E-state index contributed by atoms with van der Waals surface area (Å²) >= 11 is 0. The average molecular weight is 286 g/mol. The molecule has 2 atom stereocenters. The van der Waals surface area contributed by atoms with Crippen molar-refractivity contribution in [3.63, 3.8) is 0 Å². The fourth-order valence-electron chi connectivity index (χ4n) is 1.60. The summed E-state index contributed by atoms with van der Waals surface area (Å²) in [5, 5.41) is 7.57. The molecule has 1 rings (SSSR count). The fourth-order valence-corrected chi connectivity index (χ4v) is 2.97.